The molecule has 2 unspecified atom stereocenters. The lowest BCUT2D eigenvalue weighted by atomic mass is 9.87. The van der Waals surface area contributed by atoms with Crippen molar-refractivity contribution in [1.29, 1.82) is 0 Å². The smallest absolute Gasteiger partial charge is 0.0665 e. The van der Waals surface area contributed by atoms with E-state index in [-0.39, 0.29) is 12.1 Å². The zero-order chi connectivity index (χ0) is 9.14. The van der Waals surface area contributed by atoms with Gasteiger partial charge in [0, 0.05) is 6.04 Å². The number of nitrogens with two attached hydrogens (primary N) is 1. The van der Waals surface area contributed by atoms with E-state index in [1.54, 1.807) is 6.92 Å². The van der Waals surface area contributed by atoms with Crippen LogP contribution in [0.5, 0.6) is 0 Å². The fraction of sp³-hybridized carbons (Fsp3) is 1.00. The Hall–Kier alpha value is -0.120. The lowest BCUT2D eigenvalue weighted by Gasteiger charge is -2.33. The molecule has 3 nitrogen and oxygen atoms in total. The van der Waals surface area contributed by atoms with Gasteiger partial charge in [0.1, 0.15) is 0 Å². The van der Waals surface area contributed by atoms with Crippen molar-refractivity contribution in [3.63, 3.8) is 0 Å². The van der Waals surface area contributed by atoms with Gasteiger partial charge in [-0.2, -0.15) is 0 Å². The summed E-state index contributed by atoms with van der Waals surface area (Å²) in [5.74, 6) is 0.515. The Labute approximate surface area is 74.5 Å². The van der Waals surface area contributed by atoms with Crippen molar-refractivity contribution < 1.29 is 5.11 Å². The molecule has 0 saturated carbocycles. The molecule has 1 fully saturated rings. The summed E-state index contributed by atoms with van der Waals surface area (Å²) in [4.78, 5) is 2.31. The van der Waals surface area contributed by atoms with E-state index < -0.39 is 0 Å². The van der Waals surface area contributed by atoms with Gasteiger partial charge in [0.2, 0.25) is 0 Å². The topological polar surface area (TPSA) is 49.5 Å². The molecule has 0 amide bonds. The van der Waals surface area contributed by atoms with Crippen LogP contribution in [0.1, 0.15) is 19.8 Å². The number of hydrogen-bond donors (Lipinski definition) is 2. The molecule has 3 heteroatoms. The Morgan fingerprint density at radius 2 is 1.92 bits per heavy atom. The summed E-state index contributed by atoms with van der Waals surface area (Å²) in [6, 6.07) is -0.0290. The standard InChI is InChI=1S/C9H20N2O/c1-7(12)9(10)8-3-5-11(2)6-4-8/h7-9,12H,3-6,10H2,1-2H3. The molecule has 1 saturated heterocycles. The van der Waals surface area contributed by atoms with Crippen molar-refractivity contribution in [2.24, 2.45) is 11.7 Å². The molecule has 1 aliphatic heterocycles. The van der Waals surface area contributed by atoms with Crippen LogP contribution in [-0.4, -0.2) is 42.3 Å². The van der Waals surface area contributed by atoms with Gasteiger partial charge in [-0.1, -0.05) is 0 Å². The molecule has 0 radical (unpaired) electrons. The average molecular weight is 172 g/mol. The van der Waals surface area contributed by atoms with E-state index in [1.165, 1.54) is 0 Å². The van der Waals surface area contributed by atoms with E-state index in [1.807, 2.05) is 0 Å². The normalized spacial score (nSPS) is 27.0. The highest BCUT2D eigenvalue weighted by atomic mass is 16.3. The van der Waals surface area contributed by atoms with Gasteiger partial charge in [-0.25, -0.2) is 0 Å². The number of hydrogen-bond acceptors (Lipinski definition) is 3. The van der Waals surface area contributed by atoms with Crippen molar-refractivity contribution >= 4 is 0 Å². The molecular formula is C9H20N2O. The van der Waals surface area contributed by atoms with Crippen LogP contribution in [0.15, 0.2) is 0 Å². The average Bonchev–Trinajstić information content (AvgIpc) is 2.04. The van der Waals surface area contributed by atoms with Gasteiger partial charge in [0.05, 0.1) is 6.10 Å². The van der Waals surface area contributed by atoms with Crippen molar-refractivity contribution in [3.8, 4) is 0 Å². The number of aliphatic hydroxyl groups is 1. The van der Waals surface area contributed by atoms with Crippen LogP contribution in [0.2, 0.25) is 0 Å². The predicted molar refractivity (Wildman–Crippen MR) is 49.9 cm³/mol. The molecule has 1 rings (SSSR count). The summed E-state index contributed by atoms with van der Waals surface area (Å²) in [6.07, 6.45) is 1.89. The van der Waals surface area contributed by atoms with Crippen molar-refractivity contribution in [1.82, 2.24) is 4.90 Å². The molecule has 1 heterocycles. The first-order valence-corrected chi connectivity index (χ1v) is 4.73. The number of rotatable bonds is 2. The third-order valence-corrected chi connectivity index (χ3v) is 2.86. The second kappa shape index (κ2) is 4.21. The highest BCUT2D eigenvalue weighted by Gasteiger charge is 2.25. The zero-order valence-electron chi connectivity index (χ0n) is 8.03. The second-order valence-electron chi connectivity index (χ2n) is 3.96. The van der Waals surface area contributed by atoms with Crippen molar-refractivity contribution in [2.45, 2.75) is 31.9 Å². The molecule has 0 aromatic heterocycles. The lowest BCUT2D eigenvalue weighted by Crippen LogP contribution is -2.44. The van der Waals surface area contributed by atoms with Crippen LogP contribution in [0.4, 0.5) is 0 Å². The van der Waals surface area contributed by atoms with Gasteiger partial charge >= 0.3 is 0 Å². The van der Waals surface area contributed by atoms with E-state index in [0.29, 0.717) is 5.92 Å². The molecule has 72 valence electrons. The van der Waals surface area contributed by atoms with Crippen molar-refractivity contribution in [3.05, 3.63) is 0 Å². The molecular weight excluding hydrogens is 152 g/mol. The van der Waals surface area contributed by atoms with Gasteiger partial charge in [-0.15, -0.1) is 0 Å². The Balaban J connectivity index is 2.34. The van der Waals surface area contributed by atoms with Crippen LogP contribution in [0, 0.1) is 5.92 Å². The number of piperidine rings is 1. The molecule has 0 aliphatic carbocycles. The summed E-state index contributed by atoms with van der Waals surface area (Å²) < 4.78 is 0. The Kier molecular flexibility index (Phi) is 3.50. The van der Waals surface area contributed by atoms with E-state index in [0.717, 1.165) is 25.9 Å². The summed E-state index contributed by atoms with van der Waals surface area (Å²) in [5.41, 5.74) is 5.87. The Morgan fingerprint density at radius 3 is 2.33 bits per heavy atom. The molecule has 0 bridgehead atoms. The summed E-state index contributed by atoms with van der Waals surface area (Å²) in [6.45, 7) is 4.01. The van der Waals surface area contributed by atoms with Gasteiger partial charge in [0.25, 0.3) is 0 Å². The molecule has 0 aromatic rings. The minimum Gasteiger partial charge on any atom is -0.392 e. The van der Waals surface area contributed by atoms with Crippen LogP contribution in [0.25, 0.3) is 0 Å². The third-order valence-electron chi connectivity index (χ3n) is 2.86. The number of aliphatic hydroxyl groups excluding tert-OH is 1. The highest BCUT2D eigenvalue weighted by molar-refractivity contribution is 4.81. The van der Waals surface area contributed by atoms with Crippen molar-refractivity contribution in [2.75, 3.05) is 20.1 Å². The monoisotopic (exact) mass is 172 g/mol. The van der Waals surface area contributed by atoms with E-state index >= 15 is 0 Å². The Morgan fingerprint density at radius 1 is 1.42 bits per heavy atom. The largest absolute Gasteiger partial charge is 0.392 e. The van der Waals surface area contributed by atoms with E-state index in [2.05, 4.69) is 11.9 Å². The molecule has 1 aliphatic rings. The fourth-order valence-corrected chi connectivity index (χ4v) is 1.81. The molecule has 12 heavy (non-hydrogen) atoms. The Bertz CT molecular complexity index is 130. The quantitative estimate of drug-likeness (QED) is 0.618. The maximum Gasteiger partial charge on any atom is 0.0665 e. The number of nitrogens with zero attached hydrogens (tertiary/aromatic N) is 1. The highest BCUT2D eigenvalue weighted by Crippen LogP contribution is 2.20. The number of likely N-dealkylation sites (tertiary alicyclic amines) is 1. The van der Waals surface area contributed by atoms with E-state index in [9.17, 15) is 5.11 Å². The first-order valence-electron chi connectivity index (χ1n) is 4.73. The minimum absolute atomic E-state index is 0.0290. The second-order valence-corrected chi connectivity index (χ2v) is 3.96. The van der Waals surface area contributed by atoms with Crippen LogP contribution in [-0.2, 0) is 0 Å². The van der Waals surface area contributed by atoms with Gasteiger partial charge in [-0.3, -0.25) is 0 Å². The maximum atomic E-state index is 9.30. The third kappa shape index (κ3) is 2.44. The fourth-order valence-electron chi connectivity index (χ4n) is 1.81. The van der Waals surface area contributed by atoms with Gasteiger partial charge in [-0.05, 0) is 45.8 Å². The van der Waals surface area contributed by atoms with Gasteiger partial charge < -0.3 is 15.7 Å². The zero-order valence-corrected chi connectivity index (χ0v) is 8.03. The summed E-state index contributed by atoms with van der Waals surface area (Å²) in [5, 5.41) is 9.30. The first-order chi connectivity index (χ1) is 5.61. The first kappa shape index (κ1) is 9.96. The SMILES string of the molecule is CC(O)C(N)C1CCN(C)CC1. The minimum atomic E-state index is -0.363. The van der Waals surface area contributed by atoms with Crippen LogP contribution >= 0.6 is 0 Å². The molecule has 0 aromatic carbocycles. The molecule has 3 N–H and O–H groups in total. The summed E-state index contributed by atoms with van der Waals surface area (Å²) >= 11 is 0. The van der Waals surface area contributed by atoms with Crippen LogP contribution in [0.3, 0.4) is 0 Å². The molecule has 2 atom stereocenters. The lowest BCUT2D eigenvalue weighted by molar-refractivity contribution is 0.103. The maximum absolute atomic E-state index is 9.30. The van der Waals surface area contributed by atoms with Crippen LogP contribution < -0.4 is 5.73 Å². The predicted octanol–water partition coefficient (Wildman–Crippen LogP) is 0.0363. The molecule has 0 spiro atoms. The summed E-state index contributed by atoms with van der Waals surface area (Å²) in [7, 11) is 2.13. The van der Waals surface area contributed by atoms with Gasteiger partial charge in [0.15, 0.2) is 0 Å². The van der Waals surface area contributed by atoms with E-state index in [4.69, 9.17) is 5.73 Å².